The van der Waals surface area contributed by atoms with Crippen molar-refractivity contribution < 1.29 is 9.53 Å². The molecule has 0 radical (unpaired) electrons. The second-order valence-corrected chi connectivity index (χ2v) is 7.53. The van der Waals surface area contributed by atoms with E-state index < -0.39 is 0 Å². The number of nitrogens with one attached hydrogen (secondary N) is 3. The third kappa shape index (κ3) is 4.73. The van der Waals surface area contributed by atoms with E-state index in [0.717, 1.165) is 34.5 Å². The number of carbonyl (C=O) groups is 1. The molecule has 1 aromatic carbocycles. The van der Waals surface area contributed by atoms with Crippen molar-refractivity contribution in [3.8, 4) is 0 Å². The molecule has 1 amide bonds. The Kier molecular flexibility index (Phi) is 5.96. The molecular formula is C18H25BrN4O2. The van der Waals surface area contributed by atoms with E-state index in [-0.39, 0.29) is 5.91 Å². The highest BCUT2D eigenvalue weighted by Crippen LogP contribution is 2.34. The molecule has 0 aliphatic carbocycles. The first-order valence-corrected chi connectivity index (χ1v) is 9.53. The minimum atomic E-state index is -0.0209. The van der Waals surface area contributed by atoms with Gasteiger partial charge >= 0.3 is 0 Å². The Balaban J connectivity index is 1.42. The molecule has 2 bridgehead atoms. The van der Waals surface area contributed by atoms with Crippen LogP contribution in [0.25, 0.3) is 0 Å². The first-order chi connectivity index (χ1) is 12.0. The van der Waals surface area contributed by atoms with E-state index >= 15 is 0 Å². The Labute approximate surface area is 156 Å². The molecule has 0 spiro atoms. The van der Waals surface area contributed by atoms with Crippen LogP contribution in [0, 0.1) is 6.92 Å². The number of amides is 1. The lowest BCUT2D eigenvalue weighted by molar-refractivity contribution is -0.116. The van der Waals surface area contributed by atoms with Crippen LogP contribution < -0.4 is 16.0 Å². The first-order valence-electron chi connectivity index (χ1n) is 8.74. The summed E-state index contributed by atoms with van der Waals surface area (Å²) in [7, 11) is 1.74. The van der Waals surface area contributed by atoms with Gasteiger partial charge in [0.15, 0.2) is 5.96 Å². The summed E-state index contributed by atoms with van der Waals surface area (Å²) in [6.45, 7) is 2.50. The molecule has 2 saturated heterocycles. The van der Waals surface area contributed by atoms with Gasteiger partial charge in [0.1, 0.15) is 0 Å². The van der Waals surface area contributed by atoms with E-state index in [1.54, 1.807) is 7.05 Å². The number of guanidine groups is 1. The maximum Gasteiger partial charge on any atom is 0.226 e. The quantitative estimate of drug-likeness (QED) is 0.516. The summed E-state index contributed by atoms with van der Waals surface area (Å²) in [5.41, 5.74) is 1.87. The van der Waals surface area contributed by atoms with E-state index in [4.69, 9.17) is 4.74 Å². The molecule has 25 heavy (non-hydrogen) atoms. The number of hydrogen-bond donors (Lipinski definition) is 3. The van der Waals surface area contributed by atoms with Crippen LogP contribution >= 0.6 is 15.9 Å². The number of aliphatic imine (C=N–C) groups is 1. The normalized spacial score (nSPS) is 25.1. The highest BCUT2D eigenvalue weighted by Gasteiger charge is 2.41. The maximum atomic E-state index is 12.1. The molecule has 7 heteroatoms. The molecule has 2 fully saturated rings. The fourth-order valence-electron chi connectivity index (χ4n) is 3.40. The van der Waals surface area contributed by atoms with Crippen molar-refractivity contribution in [1.29, 1.82) is 0 Å². The lowest BCUT2D eigenvalue weighted by atomic mass is 9.96. The van der Waals surface area contributed by atoms with Crippen molar-refractivity contribution >= 4 is 33.5 Å². The molecule has 2 aliphatic heterocycles. The van der Waals surface area contributed by atoms with Gasteiger partial charge in [-0.2, -0.15) is 0 Å². The van der Waals surface area contributed by atoms with Crippen LogP contribution in [0.2, 0.25) is 0 Å². The molecule has 0 aromatic heterocycles. The maximum absolute atomic E-state index is 12.1. The number of benzene rings is 1. The Morgan fingerprint density at radius 1 is 1.40 bits per heavy atom. The molecule has 3 atom stereocenters. The van der Waals surface area contributed by atoms with Gasteiger partial charge in [-0.05, 0) is 43.9 Å². The minimum Gasteiger partial charge on any atom is -0.373 e. The molecule has 0 saturated carbocycles. The zero-order valence-electron chi connectivity index (χ0n) is 14.6. The van der Waals surface area contributed by atoms with Crippen molar-refractivity contribution in [2.45, 2.75) is 50.9 Å². The average Bonchev–Trinajstić information content (AvgIpc) is 3.20. The van der Waals surface area contributed by atoms with Gasteiger partial charge in [-0.1, -0.05) is 22.0 Å². The van der Waals surface area contributed by atoms with Gasteiger partial charge in [0.2, 0.25) is 5.91 Å². The van der Waals surface area contributed by atoms with E-state index in [1.165, 1.54) is 6.42 Å². The number of carbonyl (C=O) groups excluding carboxylic acids is 1. The Morgan fingerprint density at radius 2 is 2.24 bits per heavy atom. The SMILES string of the molecule is CN=C(NCCC(=O)Nc1cc(Br)ccc1C)NC1CC2CCC1O2. The number of halogens is 1. The van der Waals surface area contributed by atoms with Gasteiger partial charge in [0.25, 0.3) is 0 Å². The Morgan fingerprint density at radius 3 is 2.92 bits per heavy atom. The van der Waals surface area contributed by atoms with E-state index in [9.17, 15) is 4.79 Å². The number of nitrogens with zero attached hydrogens (tertiary/aromatic N) is 1. The number of hydrogen-bond acceptors (Lipinski definition) is 3. The van der Waals surface area contributed by atoms with E-state index in [0.29, 0.717) is 31.2 Å². The van der Waals surface area contributed by atoms with Crippen molar-refractivity contribution in [3.05, 3.63) is 28.2 Å². The molecule has 3 N–H and O–H groups in total. The van der Waals surface area contributed by atoms with Crippen molar-refractivity contribution in [1.82, 2.24) is 10.6 Å². The first kappa shape index (κ1) is 18.2. The summed E-state index contributed by atoms with van der Waals surface area (Å²) in [6, 6.07) is 6.17. The highest BCUT2D eigenvalue weighted by molar-refractivity contribution is 9.10. The lowest BCUT2D eigenvalue weighted by Gasteiger charge is -2.22. The van der Waals surface area contributed by atoms with Crippen LogP contribution in [0.5, 0.6) is 0 Å². The number of anilines is 1. The largest absolute Gasteiger partial charge is 0.373 e. The third-order valence-electron chi connectivity index (χ3n) is 4.77. The highest BCUT2D eigenvalue weighted by atomic mass is 79.9. The summed E-state index contributed by atoms with van der Waals surface area (Å²) >= 11 is 3.42. The summed E-state index contributed by atoms with van der Waals surface area (Å²) < 4.78 is 6.80. The zero-order valence-corrected chi connectivity index (χ0v) is 16.2. The number of fused-ring (bicyclic) bond motifs is 2. The monoisotopic (exact) mass is 408 g/mol. The molecule has 136 valence electrons. The molecule has 2 heterocycles. The third-order valence-corrected chi connectivity index (χ3v) is 5.26. The van der Waals surface area contributed by atoms with Gasteiger partial charge in [-0.3, -0.25) is 9.79 Å². The topological polar surface area (TPSA) is 74.8 Å². The lowest BCUT2D eigenvalue weighted by Crippen LogP contribution is -2.47. The van der Waals surface area contributed by atoms with E-state index in [1.807, 2.05) is 25.1 Å². The van der Waals surface area contributed by atoms with Crippen molar-refractivity contribution in [3.63, 3.8) is 0 Å². The van der Waals surface area contributed by atoms with Crippen LogP contribution in [-0.2, 0) is 9.53 Å². The van der Waals surface area contributed by atoms with Crippen LogP contribution in [0.3, 0.4) is 0 Å². The van der Waals surface area contributed by atoms with E-state index in [2.05, 4.69) is 36.9 Å². The second-order valence-electron chi connectivity index (χ2n) is 6.62. The second kappa shape index (κ2) is 8.19. The van der Waals surface area contributed by atoms with Gasteiger partial charge in [-0.15, -0.1) is 0 Å². The zero-order chi connectivity index (χ0) is 17.8. The van der Waals surface area contributed by atoms with Gasteiger partial charge in [0.05, 0.1) is 18.2 Å². The smallest absolute Gasteiger partial charge is 0.226 e. The Bertz CT molecular complexity index is 664. The van der Waals surface area contributed by atoms with Crippen LogP contribution in [0.15, 0.2) is 27.7 Å². The van der Waals surface area contributed by atoms with Crippen LogP contribution in [0.1, 0.15) is 31.2 Å². The molecule has 6 nitrogen and oxygen atoms in total. The fourth-order valence-corrected chi connectivity index (χ4v) is 3.76. The van der Waals surface area contributed by atoms with Crippen LogP contribution in [-0.4, -0.2) is 43.7 Å². The number of ether oxygens (including phenoxy) is 1. The van der Waals surface area contributed by atoms with Gasteiger partial charge in [0, 0.05) is 30.2 Å². The molecule has 3 unspecified atom stereocenters. The summed E-state index contributed by atoms with van der Waals surface area (Å²) in [6.07, 6.45) is 4.40. The summed E-state index contributed by atoms with van der Waals surface area (Å²) in [5.74, 6) is 0.708. The minimum absolute atomic E-state index is 0.0209. The molecule has 1 aromatic rings. The molecule has 2 aliphatic rings. The summed E-state index contributed by atoms with van der Waals surface area (Å²) in [4.78, 5) is 16.4. The van der Waals surface area contributed by atoms with Crippen LogP contribution in [0.4, 0.5) is 5.69 Å². The number of aryl methyl sites for hydroxylation is 1. The predicted molar refractivity (Wildman–Crippen MR) is 103 cm³/mol. The van der Waals surface area contributed by atoms with Crippen molar-refractivity contribution in [2.75, 3.05) is 18.9 Å². The van der Waals surface area contributed by atoms with Crippen molar-refractivity contribution in [2.24, 2.45) is 4.99 Å². The summed E-state index contributed by atoms with van der Waals surface area (Å²) in [5, 5.41) is 9.57. The van der Waals surface area contributed by atoms with Gasteiger partial charge in [-0.25, -0.2) is 0 Å². The van der Waals surface area contributed by atoms with Gasteiger partial charge < -0.3 is 20.7 Å². The number of rotatable bonds is 5. The standard InChI is InChI=1S/C18H25BrN4O2/c1-11-3-4-12(19)9-14(11)22-17(24)7-8-21-18(20-2)23-15-10-13-5-6-16(15)25-13/h3-4,9,13,15-16H,5-8,10H2,1-2H3,(H,22,24)(H2,20,21,23). The molecular weight excluding hydrogens is 384 g/mol. The molecule has 3 rings (SSSR count). The average molecular weight is 409 g/mol. The fraction of sp³-hybridized carbons (Fsp3) is 0.556. The predicted octanol–water partition coefficient (Wildman–Crippen LogP) is 2.57. The Hall–Kier alpha value is -1.60.